The van der Waals surface area contributed by atoms with Gasteiger partial charge in [-0.3, -0.25) is 0 Å². The van der Waals surface area contributed by atoms with Crippen LogP contribution in [0.3, 0.4) is 0 Å². The van der Waals surface area contributed by atoms with E-state index in [1.54, 1.807) is 26.0 Å². The van der Waals surface area contributed by atoms with Gasteiger partial charge in [0.1, 0.15) is 6.10 Å². The van der Waals surface area contributed by atoms with Gasteiger partial charge in [-0.1, -0.05) is 59.6 Å². The number of sulfone groups is 1. The van der Waals surface area contributed by atoms with Gasteiger partial charge in [0.15, 0.2) is 13.5 Å². The molecule has 1 aromatic carbocycles. The second-order valence-electron chi connectivity index (χ2n) is 4.36. The van der Waals surface area contributed by atoms with Crippen LogP contribution >= 0.6 is 15.9 Å². The molecule has 1 aromatic rings. The number of alkyl halides is 1. The average molecular weight is 335 g/mol. The fraction of sp³-hybridized carbons (Fsp3) is 0.538. The molecule has 18 heavy (non-hydrogen) atoms. The lowest BCUT2D eigenvalue weighted by Crippen LogP contribution is -2.39. The first-order valence-electron chi connectivity index (χ1n) is 5.94. The predicted octanol–water partition coefficient (Wildman–Crippen LogP) is 2.96. The van der Waals surface area contributed by atoms with Crippen LogP contribution in [0.1, 0.15) is 37.5 Å². The van der Waals surface area contributed by atoms with E-state index in [0.29, 0.717) is 12.0 Å². The van der Waals surface area contributed by atoms with Crippen LogP contribution in [0.5, 0.6) is 0 Å². The molecule has 0 aromatic heterocycles. The number of benzene rings is 1. The maximum atomic E-state index is 12.1. The summed E-state index contributed by atoms with van der Waals surface area (Å²) in [5.74, 6) is -0.00495. The van der Waals surface area contributed by atoms with E-state index in [2.05, 4.69) is 15.9 Å². The van der Waals surface area contributed by atoms with Gasteiger partial charge in [0.2, 0.25) is 0 Å². The van der Waals surface area contributed by atoms with Crippen LogP contribution < -0.4 is 0 Å². The maximum absolute atomic E-state index is 12.1. The van der Waals surface area contributed by atoms with Gasteiger partial charge in [0.05, 0.1) is 0 Å². The fourth-order valence-corrected chi connectivity index (χ4v) is 4.17. The Bertz CT molecular complexity index is 495. The molecule has 5 heteroatoms. The van der Waals surface area contributed by atoms with Gasteiger partial charge in [0.25, 0.3) is 0 Å². The van der Waals surface area contributed by atoms with Gasteiger partial charge in [-0.15, -0.1) is 0 Å². The monoisotopic (exact) mass is 334 g/mol. The van der Waals surface area contributed by atoms with Crippen LogP contribution in [0.25, 0.3) is 0 Å². The van der Waals surface area contributed by atoms with Crippen LogP contribution in [0.2, 0.25) is 0 Å². The van der Waals surface area contributed by atoms with Gasteiger partial charge in [-0.25, -0.2) is 8.42 Å². The molecule has 3 nitrogen and oxygen atoms in total. The summed E-state index contributed by atoms with van der Waals surface area (Å²) >= 11 is 3.25. The Hall–Kier alpha value is -0.390. The minimum Gasteiger partial charge on any atom is -0.386 e. The summed E-state index contributed by atoms with van der Waals surface area (Å²) in [6, 6.07) is 7.24. The minimum atomic E-state index is -3.40. The Kier molecular flexibility index (Phi) is 4.98. The summed E-state index contributed by atoms with van der Waals surface area (Å²) < 4.78 is 22.9. The van der Waals surface area contributed by atoms with Crippen molar-refractivity contribution in [2.45, 2.75) is 37.0 Å². The molecule has 0 fully saturated rings. The van der Waals surface area contributed by atoms with Crippen molar-refractivity contribution in [3.8, 4) is 0 Å². The summed E-state index contributed by atoms with van der Waals surface area (Å²) in [5.41, 5.74) is 1.68. The lowest BCUT2D eigenvalue weighted by molar-refractivity contribution is 0.160. The molecule has 0 heterocycles. The third-order valence-corrected chi connectivity index (χ3v) is 7.96. The summed E-state index contributed by atoms with van der Waals surface area (Å²) in [7, 11) is -3.40. The Morgan fingerprint density at radius 2 is 1.78 bits per heavy atom. The highest BCUT2D eigenvalue weighted by atomic mass is 79.9. The second kappa shape index (κ2) is 5.72. The normalized spacial score (nSPS) is 17.2. The van der Waals surface area contributed by atoms with Crippen molar-refractivity contribution in [3.63, 3.8) is 0 Å². The molecular weight excluding hydrogens is 316 g/mol. The highest BCUT2D eigenvalue weighted by molar-refractivity contribution is 9.11. The quantitative estimate of drug-likeness (QED) is 0.842. The van der Waals surface area contributed by atoms with Gasteiger partial charge >= 0.3 is 0 Å². The first-order chi connectivity index (χ1) is 8.28. The molecule has 1 rings (SSSR count). The number of hydrogen-bond donors (Lipinski definition) is 1. The van der Waals surface area contributed by atoms with Crippen LogP contribution in [-0.2, 0) is 9.84 Å². The van der Waals surface area contributed by atoms with Crippen molar-refractivity contribution >= 4 is 25.8 Å². The van der Waals surface area contributed by atoms with Crippen molar-refractivity contribution < 1.29 is 13.5 Å². The van der Waals surface area contributed by atoms with Gasteiger partial charge in [0, 0.05) is 5.75 Å². The number of hydrogen-bond acceptors (Lipinski definition) is 3. The van der Waals surface area contributed by atoms with E-state index < -0.39 is 19.6 Å². The Balaban J connectivity index is 3.21. The van der Waals surface area contributed by atoms with E-state index in [0.717, 1.165) is 5.56 Å². The van der Waals surface area contributed by atoms with Crippen LogP contribution in [-0.4, -0.2) is 22.9 Å². The van der Waals surface area contributed by atoms with Gasteiger partial charge in [-0.2, -0.15) is 0 Å². The molecule has 0 unspecified atom stereocenters. The van der Waals surface area contributed by atoms with E-state index >= 15 is 0 Å². The van der Waals surface area contributed by atoms with Gasteiger partial charge < -0.3 is 5.11 Å². The predicted molar refractivity (Wildman–Crippen MR) is 77.5 cm³/mol. The molecule has 0 bridgehead atoms. The second-order valence-corrected chi connectivity index (χ2v) is 8.83. The SMILES string of the molecule is CC[C@](Br)([C@H](O)c1ccc(C)cc1)S(=O)(=O)CC. The molecule has 0 saturated carbocycles. The van der Waals surface area contributed by atoms with Crippen LogP contribution in [0.4, 0.5) is 0 Å². The molecule has 0 saturated heterocycles. The Morgan fingerprint density at radius 1 is 1.28 bits per heavy atom. The molecule has 0 spiro atoms. The van der Waals surface area contributed by atoms with Crippen molar-refractivity contribution in [2.75, 3.05) is 5.75 Å². The molecule has 0 aliphatic rings. The number of aryl methyl sites for hydroxylation is 1. The topological polar surface area (TPSA) is 54.4 Å². The van der Waals surface area contributed by atoms with E-state index in [1.165, 1.54) is 0 Å². The third kappa shape index (κ3) is 2.78. The first-order valence-corrected chi connectivity index (χ1v) is 8.39. The van der Waals surface area contributed by atoms with Crippen molar-refractivity contribution in [2.24, 2.45) is 0 Å². The van der Waals surface area contributed by atoms with E-state index in [1.807, 2.05) is 19.1 Å². The zero-order valence-corrected chi connectivity index (χ0v) is 13.3. The molecule has 0 aliphatic heterocycles. The summed E-state index contributed by atoms with van der Waals surface area (Å²) in [4.78, 5) is 0. The van der Waals surface area contributed by atoms with Crippen molar-refractivity contribution in [1.29, 1.82) is 0 Å². The smallest absolute Gasteiger partial charge is 0.168 e. The first kappa shape index (κ1) is 15.7. The lowest BCUT2D eigenvalue weighted by atomic mass is 10.0. The van der Waals surface area contributed by atoms with E-state index in [-0.39, 0.29) is 5.75 Å². The van der Waals surface area contributed by atoms with Crippen molar-refractivity contribution in [1.82, 2.24) is 0 Å². The maximum Gasteiger partial charge on any atom is 0.168 e. The molecule has 0 radical (unpaired) electrons. The largest absolute Gasteiger partial charge is 0.386 e. The highest BCUT2D eigenvalue weighted by Crippen LogP contribution is 2.41. The number of rotatable bonds is 5. The Labute approximate surface area is 117 Å². The molecule has 102 valence electrons. The molecule has 0 amide bonds. The molecule has 0 aliphatic carbocycles. The zero-order chi connectivity index (χ0) is 14.0. The molecular formula is C13H19BrO3S. The minimum absolute atomic E-state index is 0.00495. The fourth-order valence-electron chi connectivity index (χ4n) is 1.82. The number of aliphatic hydroxyl groups is 1. The third-order valence-electron chi connectivity index (χ3n) is 3.18. The standard InChI is InChI=1S/C13H19BrO3S/c1-4-13(14,18(16,17)5-2)12(15)11-8-6-10(3)7-9-11/h6-9,12,15H,4-5H2,1-3H3/t12-,13-/m1/s1. The van der Waals surface area contributed by atoms with E-state index in [4.69, 9.17) is 0 Å². The van der Waals surface area contributed by atoms with Crippen LogP contribution in [0, 0.1) is 6.92 Å². The highest BCUT2D eigenvalue weighted by Gasteiger charge is 2.45. The van der Waals surface area contributed by atoms with Crippen molar-refractivity contribution in [3.05, 3.63) is 35.4 Å². The summed E-state index contributed by atoms with van der Waals surface area (Å²) in [6.07, 6.45) is -0.772. The zero-order valence-electron chi connectivity index (χ0n) is 10.9. The van der Waals surface area contributed by atoms with Gasteiger partial charge in [-0.05, 0) is 18.9 Å². The summed E-state index contributed by atoms with van der Waals surface area (Å²) in [6.45, 7) is 5.28. The van der Waals surface area contributed by atoms with Crippen LogP contribution in [0.15, 0.2) is 24.3 Å². The average Bonchev–Trinajstić information content (AvgIpc) is 2.37. The number of halogens is 1. The van der Waals surface area contributed by atoms with E-state index in [9.17, 15) is 13.5 Å². The lowest BCUT2D eigenvalue weighted by Gasteiger charge is -2.31. The molecule has 1 N–H and O–H groups in total. The number of aliphatic hydroxyl groups excluding tert-OH is 1. The Morgan fingerprint density at radius 3 is 2.17 bits per heavy atom. The molecule has 2 atom stereocenters. The summed E-state index contributed by atoms with van der Waals surface area (Å²) in [5, 5.41) is 10.4.